The van der Waals surface area contributed by atoms with Gasteiger partial charge in [0.05, 0.1) is 6.04 Å². The fourth-order valence-corrected chi connectivity index (χ4v) is 2.68. The van der Waals surface area contributed by atoms with Gasteiger partial charge in [-0.15, -0.1) is 0 Å². The monoisotopic (exact) mass is 279 g/mol. The van der Waals surface area contributed by atoms with Gasteiger partial charge in [0.25, 0.3) is 0 Å². The third kappa shape index (κ3) is 2.86. The van der Waals surface area contributed by atoms with E-state index in [4.69, 9.17) is 4.42 Å². The number of fused-ring (bicyclic) bond motifs is 1. The minimum Gasteiger partial charge on any atom is -0.459 e. The van der Waals surface area contributed by atoms with Crippen LogP contribution in [0.3, 0.4) is 0 Å². The minimum absolute atomic E-state index is 0.105. The molecule has 2 nitrogen and oxygen atoms in total. The average molecular weight is 279 g/mol. The Morgan fingerprint density at radius 3 is 2.43 bits per heavy atom. The lowest BCUT2D eigenvalue weighted by Gasteiger charge is -2.16. The number of aryl methyl sites for hydroxylation is 1. The maximum Gasteiger partial charge on any atom is 0.134 e. The SMILES string of the molecule is CCNC(c1ccc(CC)cc1)c1cc2ccccc2o1. The highest BCUT2D eigenvalue weighted by Gasteiger charge is 2.17. The summed E-state index contributed by atoms with van der Waals surface area (Å²) in [6, 6.07) is 19.2. The summed E-state index contributed by atoms with van der Waals surface area (Å²) in [4.78, 5) is 0. The van der Waals surface area contributed by atoms with E-state index in [0.29, 0.717) is 0 Å². The topological polar surface area (TPSA) is 25.2 Å². The smallest absolute Gasteiger partial charge is 0.134 e. The summed E-state index contributed by atoms with van der Waals surface area (Å²) in [5.74, 6) is 0.974. The van der Waals surface area contributed by atoms with Gasteiger partial charge in [-0.2, -0.15) is 0 Å². The lowest BCUT2D eigenvalue weighted by Crippen LogP contribution is -2.21. The van der Waals surface area contributed by atoms with E-state index in [2.05, 4.69) is 55.6 Å². The van der Waals surface area contributed by atoms with E-state index in [-0.39, 0.29) is 6.04 Å². The van der Waals surface area contributed by atoms with Gasteiger partial charge in [0.1, 0.15) is 11.3 Å². The second-order valence-corrected chi connectivity index (χ2v) is 5.27. The number of hydrogen-bond donors (Lipinski definition) is 1. The molecule has 0 amide bonds. The molecule has 0 aliphatic rings. The van der Waals surface area contributed by atoms with Crippen molar-refractivity contribution in [2.45, 2.75) is 26.3 Å². The van der Waals surface area contributed by atoms with Crippen molar-refractivity contribution in [1.82, 2.24) is 5.32 Å². The van der Waals surface area contributed by atoms with Crippen molar-refractivity contribution in [3.63, 3.8) is 0 Å². The molecule has 0 aliphatic heterocycles. The van der Waals surface area contributed by atoms with Gasteiger partial charge < -0.3 is 9.73 Å². The second-order valence-electron chi connectivity index (χ2n) is 5.27. The molecule has 1 N–H and O–H groups in total. The zero-order chi connectivity index (χ0) is 14.7. The van der Waals surface area contributed by atoms with E-state index in [9.17, 15) is 0 Å². The Hall–Kier alpha value is -2.06. The number of nitrogens with one attached hydrogen (secondary N) is 1. The first-order valence-corrected chi connectivity index (χ1v) is 7.62. The largest absolute Gasteiger partial charge is 0.459 e. The molecule has 3 aromatic rings. The predicted octanol–water partition coefficient (Wildman–Crippen LogP) is 4.69. The maximum absolute atomic E-state index is 6.03. The molecule has 0 radical (unpaired) electrons. The molecule has 0 aliphatic carbocycles. The van der Waals surface area contributed by atoms with E-state index < -0.39 is 0 Å². The fourth-order valence-electron chi connectivity index (χ4n) is 2.68. The highest BCUT2D eigenvalue weighted by molar-refractivity contribution is 5.77. The van der Waals surface area contributed by atoms with Crippen molar-refractivity contribution in [2.24, 2.45) is 0 Å². The van der Waals surface area contributed by atoms with Crippen LogP contribution in [0.5, 0.6) is 0 Å². The summed E-state index contributed by atoms with van der Waals surface area (Å²) in [7, 11) is 0. The van der Waals surface area contributed by atoms with E-state index >= 15 is 0 Å². The number of rotatable bonds is 5. The Morgan fingerprint density at radius 1 is 1.00 bits per heavy atom. The van der Waals surface area contributed by atoms with Crippen LogP contribution in [0.15, 0.2) is 59.0 Å². The van der Waals surface area contributed by atoms with Crippen molar-refractivity contribution in [1.29, 1.82) is 0 Å². The Morgan fingerprint density at radius 2 is 1.76 bits per heavy atom. The normalized spacial score (nSPS) is 12.7. The summed E-state index contributed by atoms with van der Waals surface area (Å²) in [6.07, 6.45) is 1.07. The van der Waals surface area contributed by atoms with Gasteiger partial charge in [-0.3, -0.25) is 0 Å². The summed E-state index contributed by atoms with van der Waals surface area (Å²) in [5, 5.41) is 4.67. The third-order valence-electron chi connectivity index (χ3n) is 3.86. The Bertz CT molecular complexity index is 679. The predicted molar refractivity (Wildman–Crippen MR) is 87.6 cm³/mol. The number of para-hydroxylation sites is 1. The van der Waals surface area contributed by atoms with E-state index in [1.807, 2.05) is 18.2 Å². The highest BCUT2D eigenvalue weighted by atomic mass is 16.3. The lowest BCUT2D eigenvalue weighted by molar-refractivity contribution is 0.477. The zero-order valence-corrected chi connectivity index (χ0v) is 12.6. The van der Waals surface area contributed by atoms with E-state index in [0.717, 1.165) is 29.7 Å². The molecule has 0 bridgehead atoms. The molecule has 2 heteroatoms. The van der Waals surface area contributed by atoms with Gasteiger partial charge in [-0.05, 0) is 36.2 Å². The van der Waals surface area contributed by atoms with Gasteiger partial charge >= 0.3 is 0 Å². The van der Waals surface area contributed by atoms with Crippen LogP contribution in [0.25, 0.3) is 11.0 Å². The first kappa shape index (κ1) is 13.9. The molecule has 1 heterocycles. The van der Waals surface area contributed by atoms with Gasteiger partial charge in [0.15, 0.2) is 0 Å². The third-order valence-corrected chi connectivity index (χ3v) is 3.86. The Balaban J connectivity index is 1.99. The first-order chi connectivity index (χ1) is 10.3. The summed E-state index contributed by atoms with van der Waals surface area (Å²) in [6.45, 7) is 5.20. The van der Waals surface area contributed by atoms with Gasteiger partial charge in [0, 0.05) is 5.39 Å². The molecule has 2 aromatic carbocycles. The summed E-state index contributed by atoms with van der Waals surface area (Å²) < 4.78 is 6.03. The maximum atomic E-state index is 6.03. The van der Waals surface area contributed by atoms with Crippen molar-refractivity contribution in [3.05, 3.63) is 71.5 Å². The van der Waals surface area contributed by atoms with Gasteiger partial charge in [-0.25, -0.2) is 0 Å². The Labute approximate surface area is 125 Å². The molecule has 0 spiro atoms. The number of hydrogen-bond acceptors (Lipinski definition) is 2. The van der Waals surface area contributed by atoms with Crippen molar-refractivity contribution < 1.29 is 4.42 Å². The zero-order valence-electron chi connectivity index (χ0n) is 12.6. The Kier molecular flexibility index (Phi) is 4.07. The fraction of sp³-hybridized carbons (Fsp3) is 0.263. The molecular formula is C19H21NO. The van der Waals surface area contributed by atoms with Crippen LogP contribution in [0.2, 0.25) is 0 Å². The molecule has 0 fully saturated rings. The molecule has 1 atom stereocenters. The molecule has 1 aromatic heterocycles. The molecule has 0 saturated carbocycles. The number of furan rings is 1. The van der Waals surface area contributed by atoms with Crippen LogP contribution in [0, 0.1) is 0 Å². The molecule has 108 valence electrons. The van der Waals surface area contributed by atoms with E-state index in [1.165, 1.54) is 11.1 Å². The van der Waals surface area contributed by atoms with Crippen LogP contribution in [-0.4, -0.2) is 6.54 Å². The molecule has 0 saturated heterocycles. The van der Waals surface area contributed by atoms with Crippen molar-refractivity contribution in [2.75, 3.05) is 6.54 Å². The van der Waals surface area contributed by atoms with Crippen LogP contribution in [0.1, 0.15) is 36.8 Å². The van der Waals surface area contributed by atoms with Gasteiger partial charge in [-0.1, -0.05) is 56.3 Å². The summed E-state index contributed by atoms with van der Waals surface area (Å²) in [5.41, 5.74) is 3.55. The van der Waals surface area contributed by atoms with Crippen LogP contribution in [-0.2, 0) is 6.42 Å². The standard InChI is InChI=1S/C19H21NO/c1-3-14-9-11-15(12-10-14)19(20-4-2)18-13-16-7-5-6-8-17(16)21-18/h5-13,19-20H,3-4H2,1-2H3. The molecule has 1 unspecified atom stereocenters. The highest BCUT2D eigenvalue weighted by Crippen LogP contribution is 2.28. The molecular weight excluding hydrogens is 258 g/mol. The minimum atomic E-state index is 0.105. The second kappa shape index (κ2) is 6.15. The van der Waals surface area contributed by atoms with Crippen molar-refractivity contribution >= 4 is 11.0 Å². The number of benzene rings is 2. The van der Waals surface area contributed by atoms with E-state index in [1.54, 1.807) is 0 Å². The molecule has 3 rings (SSSR count). The average Bonchev–Trinajstić information content (AvgIpc) is 2.96. The lowest BCUT2D eigenvalue weighted by atomic mass is 10.0. The first-order valence-electron chi connectivity index (χ1n) is 7.62. The summed E-state index contributed by atoms with van der Waals surface area (Å²) >= 11 is 0. The van der Waals surface area contributed by atoms with Crippen LogP contribution >= 0.6 is 0 Å². The van der Waals surface area contributed by atoms with Crippen molar-refractivity contribution in [3.8, 4) is 0 Å². The van der Waals surface area contributed by atoms with Gasteiger partial charge in [0.2, 0.25) is 0 Å². The molecule has 21 heavy (non-hydrogen) atoms. The van der Waals surface area contributed by atoms with Crippen LogP contribution in [0.4, 0.5) is 0 Å². The quantitative estimate of drug-likeness (QED) is 0.732. The van der Waals surface area contributed by atoms with Crippen LogP contribution < -0.4 is 5.32 Å².